The molecule has 17 heteroatoms. The molecule has 4 aliphatic heterocycles. The van der Waals surface area contributed by atoms with E-state index < -0.39 is 116 Å². The number of aliphatic hydroxyl groups is 3. The van der Waals surface area contributed by atoms with Crippen molar-refractivity contribution in [2.24, 2.45) is 11.8 Å². The number of ether oxygens (including phenoxy) is 9. The summed E-state index contributed by atoms with van der Waals surface area (Å²) in [5, 5.41) is 33.3. The van der Waals surface area contributed by atoms with Crippen LogP contribution in [0.15, 0.2) is 24.3 Å². The van der Waals surface area contributed by atoms with Gasteiger partial charge in [-0.2, -0.15) is 0 Å². The zero-order valence-electron chi connectivity index (χ0n) is 38.9. The quantitative estimate of drug-likeness (QED) is 0.191. The van der Waals surface area contributed by atoms with Crippen LogP contribution in [0.5, 0.6) is 0 Å². The molecular weight excluding hydrogens is 808 g/mol. The molecule has 0 aromatic rings. The molecule has 19 atom stereocenters. The van der Waals surface area contributed by atoms with E-state index in [9.17, 15) is 29.7 Å². The monoisotopic (exact) mass is 885 g/mol. The van der Waals surface area contributed by atoms with Gasteiger partial charge in [-0.05, 0) is 93.9 Å². The second-order valence-corrected chi connectivity index (χ2v) is 18.4. The Morgan fingerprint density at radius 1 is 0.887 bits per heavy atom. The Hall–Kier alpha value is -2.39. The van der Waals surface area contributed by atoms with Crippen LogP contribution in [-0.2, 0) is 57.0 Å². The SMILES string of the molecule is CO[C@@H]1[C@@H](O[C@@H]2O[C@H](C)[C@@H](O[C@H]3C[C@@](C)(O)[C@@H](O)[C@H](C)O3)[C@H](N(C)C)[C@H]2OC(C)=O)[C@@H](CC=O)C[C@@H](C)[C@@H](O[C@H]2CC[C@H](N(C)C)[C@@H](C)O2)/C=C/C=C/C[C@@H](C)OC(=O)C[C@H]1O. The molecule has 0 unspecified atom stereocenters. The summed E-state index contributed by atoms with van der Waals surface area (Å²) in [7, 11) is 9.03. The average molecular weight is 885 g/mol. The second kappa shape index (κ2) is 23.7. The summed E-state index contributed by atoms with van der Waals surface area (Å²) in [5.41, 5.74) is -1.50. The number of aliphatic hydroxyl groups excluding tert-OH is 2. The van der Waals surface area contributed by atoms with Gasteiger partial charge in [-0.15, -0.1) is 0 Å². The van der Waals surface area contributed by atoms with Crippen LogP contribution >= 0.6 is 0 Å². The summed E-state index contributed by atoms with van der Waals surface area (Å²) < 4.78 is 56.6. The van der Waals surface area contributed by atoms with Crippen molar-refractivity contribution in [3.8, 4) is 0 Å². The topological polar surface area (TPSA) is 201 Å². The molecule has 4 aliphatic rings. The molecule has 3 fully saturated rings. The highest BCUT2D eigenvalue weighted by molar-refractivity contribution is 5.70. The first-order valence-corrected chi connectivity index (χ1v) is 22.2. The van der Waals surface area contributed by atoms with Gasteiger partial charge in [-0.3, -0.25) is 9.59 Å². The van der Waals surface area contributed by atoms with Gasteiger partial charge in [0.1, 0.15) is 30.7 Å². The lowest BCUT2D eigenvalue weighted by molar-refractivity contribution is -0.344. The Kier molecular flexibility index (Phi) is 20.0. The number of carbonyl (C=O) groups is 3. The van der Waals surface area contributed by atoms with Gasteiger partial charge in [-0.1, -0.05) is 31.2 Å². The van der Waals surface area contributed by atoms with Crippen molar-refractivity contribution in [1.82, 2.24) is 9.80 Å². The first-order chi connectivity index (χ1) is 29.2. The third-order valence-corrected chi connectivity index (χ3v) is 12.7. The number of rotatable bonds is 12. The Bertz CT molecular complexity index is 1480. The van der Waals surface area contributed by atoms with Gasteiger partial charge in [0.2, 0.25) is 0 Å². The number of hydrogen-bond acceptors (Lipinski definition) is 17. The van der Waals surface area contributed by atoms with Gasteiger partial charge in [0.25, 0.3) is 0 Å². The van der Waals surface area contributed by atoms with Gasteiger partial charge >= 0.3 is 11.9 Å². The van der Waals surface area contributed by atoms with Crippen LogP contribution in [0.25, 0.3) is 0 Å². The number of aldehydes is 1. The lowest BCUT2D eigenvalue weighted by Gasteiger charge is -2.50. The third-order valence-electron chi connectivity index (χ3n) is 12.7. The Balaban J connectivity index is 1.73. The number of likely N-dealkylation sites (N-methyl/N-ethyl adjacent to an activating group) is 2. The Labute approximate surface area is 368 Å². The number of allylic oxidation sites excluding steroid dienone is 2. The minimum absolute atomic E-state index is 0.0345. The first-order valence-electron chi connectivity index (χ1n) is 22.2. The maximum atomic E-state index is 13.2. The molecule has 356 valence electrons. The molecule has 0 spiro atoms. The number of carbonyl (C=O) groups excluding carboxylic acids is 3. The summed E-state index contributed by atoms with van der Waals surface area (Å²) in [4.78, 5) is 42.6. The van der Waals surface area contributed by atoms with Crippen LogP contribution in [0.2, 0.25) is 0 Å². The highest BCUT2D eigenvalue weighted by Gasteiger charge is 2.53. The second-order valence-electron chi connectivity index (χ2n) is 18.4. The molecule has 0 aliphatic carbocycles. The predicted molar refractivity (Wildman–Crippen MR) is 226 cm³/mol. The molecule has 0 bridgehead atoms. The van der Waals surface area contributed by atoms with E-state index in [1.165, 1.54) is 21.0 Å². The van der Waals surface area contributed by atoms with E-state index in [2.05, 4.69) is 4.90 Å². The zero-order chi connectivity index (χ0) is 46.1. The van der Waals surface area contributed by atoms with E-state index in [0.717, 1.165) is 12.7 Å². The number of methoxy groups -OCH3 is 1. The normalized spacial score (nSPS) is 44.0. The summed E-state index contributed by atoms with van der Waals surface area (Å²) in [6, 6.07) is -0.475. The van der Waals surface area contributed by atoms with Gasteiger partial charge in [0, 0.05) is 39.3 Å². The number of cyclic esters (lactones) is 1. The molecule has 17 nitrogen and oxygen atoms in total. The average Bonchev–Trinajstić information content (AvgIpc) is 3.16. The molecular formula is C45H76N2O15. The molecule has 4 rings (SSSR count). The van der Waals surface area contributed by atoms with Crippen LogP contribution in [-0.4, -0.2) is 182 Å². The Morgan fingerprint density at radius 3 is 2.18 bits per heavy atom. The van der Waals surface area contributed by atoms with Gasteiger partial charge in [0.05, 0.1) is 54.7 Å². The number of hydrogen-bond donors (Lipinski definition) is 3. The van der Waals surface area contributed by atoms with E-state index in [4.69, 9.17) is 42.6 Å². The van der Waals surface area contributed by atoms with E-state index in [1.807, 2.05) is 57.1 Å². The number of esters is 2. The largest absolute Gasteiger partial charge is 0.462 e. The first kappa shape index (κ1) is 52.2. The van der Waals surface area contributed by atoms with Crippen molar-refractivity contribution >= 4 is 18.2 Å². The molecule has 4 heterocycles. The predicted octanol–water partition coefficient (Wildman–Crippen LogP) is 2.90. The fraction of sp³-hybridized carbons (Fsp3) is 0.844. The molecule has 0 radical (unpaired) electrons. The zero-order valence-corrected chi connectivity index (χ0v) is 38.9. The molecule has 62 heavy (non-hydrogen) atoms. The fourth-order valence-corrected chi connectivity index (χ4v) is 9.39. The summed E-state index contributed by atoms with van der Waals surface area (Å²) in [5.74, 6) is -2.18. The molecule has 0 saturated carbocycles. The molecule has 3 saturated heterocycles. The lowest BCUT2D eigenvalue weighted by Crippen LogP contribution is -2.66. The van der Waals surface area contributed by atoms with Crippen LogP contribution in [0, 0.1) is 11.8 Å². The van der Waals surface area contributed by atoms with Crippen molar-refractivity contribution in [2.45, 2.75) is 197 Å². The summed E-state index contributed by atoms with van der Waals surface area (Å²) >= 11 is 0. The standard InChI is InChI=1S/C45H76N2O15/c1-25-22-31(20-21-48)40(62-44-42(59-30(6)49)38(47(10)11)39(28(4)58-44)61-37-24-45(7,53)43(52)29(5)57-37)41(54-12)33(50)23-35(51)55-26(2)16-14-13-15-17-34(25)60-36-19-18-32(46(8)9)27(3)56-36/h13-15,17,21,25-29,31-34,36-44,50,52-53H,16,18-20,22-24H2,1-12H3/b14-13+,17-15+/t25-,26-,27-,28-,29+,31+,32+,33-,34+,36+,37+,38+,39-,40+,41+,42-,43+,44+,45-/m1/s1. The van der Waals surface area contributed by atoms with Crippen LogP contribution in [0.4, 0.5) is 0 Å². The van der Waals surface area contributed by atoms with Crippen molar-refractivity contribution in [3.63, 3.8) is 0 Å². The van der Waals surface area contributed by atoms with E-state index in [0.29, 0.717) is 19.3 Å². The maximum Gasteiger partial charge on any atom is 0.308 e. The third kappa shape index (κ3) is 14.1. The number of nitrogens with zero attached hydrogens (tertiary/aromatic N) is 2. The van der Waals surface area contributed by atoms with Gasteiger partial charge in [0.15, 0.2) is 25.0 Å². The van der Waals surface area contributed by atoms with Crippen molar-refractivity contribution < 1.29 is 72.3 Å². The van der Waals surface area contributed by atoms with E-state index in [-0.39, 0.29) is 30.9 Å². The van der Waals surface area contributed by atoms with Crippen LogP contribution in [0.1, 0.15) is 93.4 Å². The molecule has 3 N–H and O–H groups in total. The Morgan fingerprint density at radius 2 is 1.58 bits per heavy atom. The summed E-state index contributed by atoms with van der Waals surface area (Å²) in [6.07, 6.45) is -1.89. The molecule has 0 amide bonds. The van der Waals surface area contributed by atoms with Crippen molar-refractivity contribution in [3.05, 3.63) is 24.3 Å². The van der Waals surface area contributed by atoms with Crippen LogP contribution < -0.4 is 0 Å². The minimum atomic E-state index is -1.50. The van der Waals surface area contributed by atoms with E-state index >= 15 is 0 Å². The minimum Gasteiger partial charge on any atom is -0.462 e. The summed E-state index contributed by atoms with van der Waals surface area (Å²) in [6.45, 7) is 12.0. The van der Waals surface area contributed by atoms with Crippen molar-refractivity contribution in [1.29, 1.82) is 0 Å². The van der Waals surface area contributed by atoms with Crippen molar-refractivity contribution in [2.75, 3.05) is 35.3 Å². The fourth-order valence-electron chi connectivity index (χ4n) is 9.39. The molecule has 0 aromatic heterocycles. The van der Waals surface area contributed by atoms with Gasteiger partial charge in [-0.25, -0.2) is 0 Å². The van der Waals surface area contributed by atoms with E-state index in [1.54, 1.807) is 34.9 Å². The highest BCUT2D eigenvalue weighted by atomic mass is 16.7. The molecule has 0 aromatic carbocycles. The highest BCUT2D eigenvalue weighted by Crippen LogP contribution is 2.38. The van der Waals surface area contributed by atoms with Gasteiger partial charge < -0.3 is 72.5 Å². The van der Waals surface area contributed by atoms with Crippen LogP contribution in [0.3, 0.4) is 0 Å². The smallest absolute Gasteiger partial charge is 0.308 e. The maximum absolute atomic E-state index is 13.2. The lowest BCUT2D eigenvalue weighted by atomic mass is 9.82.